The van der Waals surface area contributed by atoms with E-state index < -0.39 is 0 Å². The highest BCUT2D eigenvalue weighted by Crippen LogP contribution is 2.05. The van der Waals surface area contributed by atoms with Crippen LogP contribution in [0.3, 0.4) is 0 Å². The van der Waals surface area contributed by atoms with Gasteiger partial charge in [-0.15, -0.1) is 0 Å². The molecule has 13 heavy (non-hydrogen) atoms. The second kappa shape index (κ2) is 5.04. The number of carbonyl (C=O) groups excluding carboxylic acids is 1. The minimum absolute atomic E-state index is 0.0102. The molecule has 0 aromatic carbocycles. The molecule has 1 aliphatic rings. The van der Waals surface area contributed by atoms with E-state index in [9.17, 15) is 4.79 Å². The Labute approximate surface area is 78.0 Å². The van der Waals surface area contributed by atoms with E-state index in [1.54, 1.807) is 19.1 Å². The van der Waals surface area contributed by atoms with Crippen molar-refractivity contribution in [3.63, 3.8) is 0 Å². The third-order valence-corrected chi connectivity index (χ3v) is 1.99. The van der Waals surface area contributed by atoms with Gasteiger partial charge in [0.05, 0.1) is 25.9 Å². The van der Waals surface area contributed by atoms with Gasteiger partial charge in [0.15, 0.2) is 0 Å². The number of hydrogen-bond acceptors (Lipinski definition) is 3. The number of amides is 2. The van der Waals surface area contributed by atoms with E-state index in [1.165, 1.54) is 0 Å². The first-order valence-electron chi connectivity index (χ1n) is 4.35. The Bertz CT molecular complexity index is 173. The lowest BCUT2D eigenvalue weighted by Gasteiger charge is -2.32. The van der Waals surface area contributed by atoms with Crippen LogP contribution in [0.1, 0.15) is 0 Å². The molecule has 0 radical (unpaired) electrons. The zero-order valence-electron chi connectivity index (χ0n) is 8.08. The molecule has 1 unspecified atom stereocenters. The number of rotatable bonds is 2. The fourth-order valence-electron chi connectivity index (χ4n) is 1.35. The second-order valence-corrected chi connectivity index (χ2v) is 2.95. The summed E-state index contributed by atoms with van der Waals surface area (Å²) in [6, 6.07) is -0.0515. The Kier molecular flexibility index (Phi) is 3.98. The van der Waals surface area contributed by atoms with Crippen molar-refractivity contribution in [3.05, 3.63) is 0 Å². The lowest BCUT2D eigenvalue weighted by atomic mass is 10.3. The zero-order chi connectivity index (χ0) is 9.68. The van der Waals surface area contributed by atoms with Crippen LogP contribution in [0.15, 0.2) is 0 Å². The van der Waals surface area contributed by atoms with Crippen LogP contribution in [0, 0.1) is 0 Å². The van der Waals surface area contributed by atoms with Gasteiger partial charge >= 0.3 is 6.03 Å². The molecule has 0 bridgehead atoms. The van der Waals surface area contributed by atoms with Crippen molar-refractivity contribution in [2.24, 2.45) is 0 Å². The molecule has 5 heteroatoms. The summed E-state index contributed by atoms with van der Waals surface area (Å²) in [6.07, 6.45) is 0.0102. The molecule has 1 aliphatic heterocycles. The van der Waals surface area contributed by atoms with Gasteiger partial charge in [-0.05, 0) is 0 Å². The molecular weight excluding hydrogens is 172 g/mol. The summed E-state index contributed by atoms with van der Waals surface area (Å²) >= 11 is 0. The lowest BCUT2D eigenvalue weighted by molar-refractivity contribution is -0.0492. The second-order valence-electron chi connectivity index (χ2n) is 2.95. The normalized spacial score (nSPS) is 22.9. The van der Waals surface area contributed by atoms with E-state index in [4.69, 9.17) is 9.47 Å². The van der Waals surface area contributed by atoms with E-state index in [2.05, 4.69) is 5.32 Å². The van der Waals surface area contributed by atoms with E-state index in [0.717, 1.165) is 0 Å². The predicted molar refractivity (Wildman–Crippen MR) is 47.6 cm³/mol. The molecule has 0 saturated carbocycles. The van der Waals surface area contributed by atoms with Gasteiger partial charge in [-0.3, -0.25) is 0 Å². The van der Waals surface area contributed by atoms with Crippen LogP contribution >= 0.6 is 0 Å². The van der Waals surface area contributed by atoms with Crippen LogP contribution < -0.4 is 5.32 Å². The Balaban J connectivity index is 2.37. The van der Waals surface area contributed by atoms with Gasteiger partial charge in [-0.25, -0.2) is 4.79 Å². The lowest BCUT2D eigenvalue weighted by Crippen LogP contribution is -2.49. The van der Waals surface area contributed by atoms with Crippen LogP contribution in [0.2, 0.25) is 0 Å². The predicted octanol–water partition coefficient (Wildman–Crippen LogP) is -0.327. The summed E-state index contributed by atoms with van der Waals surface area (Å²) in [7, 11) is 3.26. The first-order valence-corrected chi connectivity index (χ1v) is 4.35. The highest BCUT2D eigenvalue weighted by Gasteiger charge is 2.22. The topological polar surface area (TPSA) is 50.8 Å². The summed E-state index contributed by atoms with van der Waals surface area (Å²) in [6.45, 7) is 2.38. The molecule has 5 nitrogen and oxygen atoms in total. The maximum absolute atomic E-state index is 11.2. The van der Waals surface area contributed by atoms with Gasteiger partial charge in [0.2, 0.25) is 0 Å². The summed E-state index contributed by atoms with van der Waals surface area (Å²) in [4.78, 5) is 13.0. The van der Waals surface area contributed by atoms with Crippen LogP contribution in [0.4, 0.5) is 4.79 Å². The van der Waals surface area contributed by atoms with Gasteiger partial charge in [-0.1, -0.05) is 0 Å². The molecule has 1 saturated heterocycles. The number of methoxy groups -OCH3 is 1. The molecule has 0 aliphatic carbocycles. The molecular formula is C8H16N2O3. The molecule has 1 fully saturated rings. The summed E-state index contributed by atoms with van der Waals surface area (Å²) in [5.41, 5.74) is 0. The average molecular weight is 188 g/mol. The molecule has 1 N–H and O–H groups in total. The highest BCUT2D eigenvalue weighted by atomic mass is 16.5. The standard InChI is InChI=1S/C8H16N2O3/c1-9-8(11)10-3-4-13-7(5-10)6-12-2/h7H,3-6H2,1-2H3,(H,9,11). The molecule has 1 rings (SSSR count). The number of morpholine rings is 1. The first kappa shape index (κ1) is 10.3. The van der Waals surface area contributed by atoms with Crippen molar-refractivity contribution in [2.45, 2.75) is 6.10 Å². The SMILES string of the molecule is CNC(=O)N1CCOC(COC)C1. The van der Waals surface area contributed by atoms with E-state index in [1.807, 2.05) is 0 Å². The molecule has 1 heterocycles. The molecule has 76 valence electrons. The van der Waals surface area contributed by atoms with Crippen LogP contribution in [-0.4, -0.2) is 57.5 Å². The van der Waals surface area contributed by atoms with Gasteiger partial charge in [-0.2, -0.15) is 0 Å². The van der Waals surface area contributed by atoms with Crippen molar-refractivity contribution in [1.29, 1.82) is 0 Å². The van der Waals surface area contributed by atoms with Crippen LogP contribution in [0.5, 0.6) is 0 Å². The van der Waals surface area contributed by atoms with Crippen molar-refractivity contribution in [2.75, 3.05) is 40.5 Å². The highest BCUT2D eigenvalue weighted by molar-refractivity contribution is 5.73. The number of hydrogen-bond donors (Lipinski definition) is 1. The van der Waals surface area contributed by atoms with Crippen LogP contribution in [0.25, 0.3) is 0 Å². The quantitative estimate of drug-likeness (QED) is 0.645. The molecule has 0 aromatic heterocycles. The molecule has 0 spiro atoms. The van der Waals surface area contributed by atoms with Gasteiger partial charge in [0.1, 0.15) is 0 Å². The number of nitrogens with one attached hydrogen (secondary N) is 1. The van der Waals surface area contributed by atoms with E-state index in [0.29, 0.717) is 26.3 Å². The van der Waals surface area contributed by atoms with Crippen molar-refractivity contribution in [1.82, 2.24) is 10.2 Å². The first-order chi connectivity index (χ1) is 6.27. The number of ether oxygens (including phenoxy) is 2. The van der Waals surface area contributed by atoms with Crippen LogP contribution in [-0.2, 0) is 9.47 Å². The molecule has 0 aromatic rings. The number of nitrogens with zero attached hydrogens (tertiary/aromatic N) is 1. The molecule has 2 amide bonds. The zero-order valence-corrected chi connectivity index (χ0v) is 8.08. The van der Waals surface area contributed by atoms with Gasteiger partial charge in [0.25, 0.3) is 0 Å². The maximum Gasteiger partial charge on any atom is 0.317 e. The Morgan fingerprint density at radius 2 is 2.54 bits per heavy atom. The van der Waals surface area contributed by atoms with Crippen molar-refractivity contribution < 1.29 is 14.3 Å². The molecule has 1 atom stereocenters. The summed E-state index contributed by atoms with van der Waals surface area (Å²) in [5.74, 6) is 0. The minimum atomic E-state index is -0.0515. The maximum atomic E-state index is 11.2. The van der Waals surface area contributed by atoms with Crippen molar-refractivity contribution in [3.8, 4) is 0 Å². The average Bonchev–Trinajstić information content (AvgIpc) is 2.18. The largest absolute Gasteiger partial charge is 0.382 e. The van der Waals surface area contributed by atoms with Crippen molar-refractivity contribution >= 4 is 6.03 Å². The smallest absolute Gasteiger partial charge is 0.317 e. The minimum Gasteiger partial charge on any atom is -0.382 e. The third-order valence-electron chi connectivity index (χ3n) is 1.99. The van der Waals surface area contributed by atoms with Gasteiger partial charge in [0, 0.05) is 20.7 Å². The monoisotopic (exact) mass is 188 g/mol. The Hall–Kier alpha value is -0.810. The summed E-state index contributed by atoms with van der Waals surface area (Å²) in [5, 5.41) is 2.59. The van der Waals surface area contributed by atoms with E-state index in [-0.39, 0.29) is 12.1 Å². The fraction of sp³-hybridized carbons (Fsp3) is 0.875. The Morgan fingerprint density at radius 3 is 3.15 bits per heavy atom. The third kappa shape index (κ3) is 2.86. The fourth-order valence-corrected chi connectivity index (χ4v) is 1.35. The Morgan fingerprint density at radius 1 is 1.77 bits per heavy atom. The van der Waals surface area contributed by atoms with E-state index >= 15 is 0 Å². The van der Waals surface area contributed by atoms with Gasteiger partial charge < -0.3 is 19.7 Å². The summed E-state index contributed by atoms with van der Waals surface area (Å²) < 4.78 is 10.4. The number of urea groups is 1. The number of carbonyl (C=O) groups is 1.